The summed E-state index contributed by atoms with van der Waals surface area (Å²) in [6, 6.07) is 12.0. The Labute approximate surface area is 285 Å². The van der Waals surface area contributed by atoms with E-state index in [9.17, 15) is 16.8 Å². The van der Waals surface area contributed by atoms with E-state index >= 15 is 0 Å². The fraction of sp³-hybridized carbons (Fsp3) is 0.657. The lowest BCUT2D eigenvalue weighted by Gasteiger charge is -2.57. The molecule has 2 heterocycles. The molecular formula is C35H50N2O9S2. The second-order valence-corrected chi connectivity index (χ2v) is 17.6. The highest BCUT2D eigenvalue weighted by Crippen LogP contribution is 2.63. The highest BCUT2D eigenvalue weighted by atomic mass is 32.2. The molecule has 2 saturated heterocycles. The molecule has 2 aromatic rings. The number of ether oxygens (including phenoxy) is 1. The number of hydrogen-bond acceptors (Lipinski definition) is 9. The first-order valence-electron chi connectivity index (χ1n) is 17.3. The maximum atomic E-state index is 10.5. The van der Waals surface area contributed by atoms with Crippen LogP contribution in [0.3, 0.4) is 0 Å². The minimum Gasteiger partial charge on any atom is -0.314 e. The maximum Gasteiger partial charge on any atom is 0.294 e. The van der Waals surface area contributed by atoms with E-state index < -0.39 is 31.8 Å². The van der Waals surface area contributed by atoms with Gasteiger partial charge in [-0.05, 0) is 101 Å². The summed E-state index contributed by atoms with van der Waals surface area (Å²) >= 11 is 0. The summed E-state index contributed by atoms with van der Waals surface area (Å²) in [6.45, 7) is 9.62. The molecule has 0 radical (unpaired) electrons. The second-order valence-electron chi connectivity index (χ2n) is 14.8. The van der Waals surface area contributed by atoms with E-state index in [-0.39, 0.29) is 9.79 Å². The molecule has 5 aliphatic carbocycles. The van der Waals surface area contributed by atoms with Crippen LogP contribution in [0.4, 0.5) is 0 Å². The molecule has 5 saturated carbocycles. The number of piperazine rings is 1. The summed E-state index contributed by atoms with van der Waals surface area (Å²) in [7, 11) is -8.04. The Morgan fingerprint density at radius 3 is 1.62 bits per heavy atom. The van der Waals surface area contributed by atoms with E-state index in [2.05, 4.69) is 10.2 Å². The van der Waals surface area contributed by atoms with Crippen molar-refractivity contribution in [1.29, 1.82) is 0 Å². The molecule has 2 spiro atoms. The standard InChI is InChI=1S/C21H34N2O3.2C7H8O3S/c1-3-20(4-2-15(1)14-23-7-5-22-6-8-23)24-21(26-25-20)18-10-16-9-17(12-18)13-19(21)11-16;2*1-6-2-4-7(5-3-6)11(8,9)10/h15-19,22H,1-14H2;2*2-5H,1H3,(H,8,9,10). The number of nitrogens with zero attached hydrogens (tertiary/aromatic N) is 1. The Bertz CT molecular complexity index is 1500. The average molecular weight is 707 g/mol. The fourth-order valence-electron chi connectivity index (χ4n) is 8.77. The van der Waals surface area contributed by atoms with Gasteiger partial charge in [-0.25, -0.2) is 0 Å². The molecule has 0 unspecified atom stereocenters. The first-order chi connectivity index (χ1) is 22.7. The van der Waals surface area contributed by atoms with E-state index in [0.29, 0.717) is 11.8 Å². The van der Waals surface area contributed by atoms with E-state index in [1.807, 2.05) is 13.8 Å². The van der Waals surface area contributed by atoms with Crippen molar-refractivity contribution in [3.63, 3.8) is 0 Å². The van der Waals surface area contributed by atoms with Gasteiger partial charge in [0.15, 0.2) is 0 Å². The van der Waals surface area contributed by atoms with Crippen LogP contribution in [0, 0.1) is 43.4 Å². The lowest BCUT2D eigenvalue weighted by Crippen LogP contribution is -2.59. The maximum absolute atomic E-state index is 10.5. The Hall–Kier alpha value is -1.94. The highest BCUT2D eigenvalue weighted by Gasteiger charge is 2.66. The molecule has 266 valence electrons. The molecule has 7 fully saturated rings. The molecule has 4 bridgehead atoms. The smallest absolute Gasteiger partial charge is 0.294 e. The van der Waals surface area contributed by atoms with Crippen molar-refractivity contribution in [3.05, 3.63) is 59.7 Å². The molecule has 2 aliphatic heterocycles. The first-order valence-corrected chi connectivity index (χ1v) is 20.2. The topological polar surface area (TPSA) is 152 Å². The van der Waals surface area contributed by atoms with Crippen molar-refractivity contribution in [1.82, 2.24) is 10.2 Å². The van der Waals surface area contributed by atoms with E-state index in [1.54, 1.807) is 24.3 Å². The number of nitrogens with one attached hydrogen (secondary N) is 1. The van der Waals surface area contributed by atoms with Gasteiger partial charge in [0.1, 0.15) is 0 Å². The second kappa shape index (κ2) is 14.4. The summed E-state index contributed by atoms with van der Waals surface area (Å²) in [4.78, 5) is 14.7. The number of rotatable bonds is 4. The third-order valence-electron chi connectivity index (χ3n) is 11.2. The van der Waals surface area contributed by atoms with Gasteiger partial charge in [-0.3, -0.25) is 9.11 Å². The monoisotopic (exact) mass is 706 g/mol. The van der Waals surface area contributed by atoms with Crippen LogP contribution >= 0.6 is 0 Å². The van der Waals surface area contributed by atoms with Crippen molar-refractivity contribution in [2.75, 3.05) is 32.7 Å². The zero-order valence-electron chi connectivity index (χ0n) is 27.9. The van der Waals surface area contributed by atoms with Crippen LogP contribution in [0.5, 0.6) is 0 Å². The molecule has 0 aromatic heterocycles. The van der Waals surface area contributed by atoms with Gasteiger partial charge in [-0.1, -0.05) is 35.4 Å². The van der Waals surface area contributed by atoms with Crippen molar-refractivity contribution in [2.24, 2.45) is 29.6 Å². The van der Waals surface area contributed by atoms with Crippen molar-refractivity contribution in [2.45, 2.75) is 93.0 Å². The molecule has 11 nitrogen and oxygen atoms in total. The van der Waals surface area contributed by atoms with Crippen LogP contribution in [0.15, 0.2) is 58.3 Å². The molecule has 7 aliphatic rings. The molecule has 2 aromatic carbocycles. The molecule has 9 rings (SSSR count). The average Bonchev–Trinajstić information content (AvgIpc) is 3.41. The SMILES string of the molecule is C1CN(CC2CCC3(CC2)OOC2(O3)C3CC4CC(C3)CC2C4)CCN1.Cc1ccc(S(=O)(=O)O)cc1.Cc1ccc(S(=O)(=O)O)cc1. The van der Waals surface area contributed by atoms with E-state index in [1.165, 1.54) is 88.8 Å². The summed E-state index contributed by atoms with van der Waals surface area (Å²) < 4.78 is 65.9. The Morgan fingerprint density at radius 2 is 1.19 bits per heavy atom. The highest BCUT2D eigenvalue weighted by molar-refractivity contribution is 7.86. The van der Waals surface area contributed by atoms with Crippen LogP contribution in [0.1, 0.15) is 68.9 Å². The molecule has 0 atom stereocenters. The van der Waals surface area contributed by atoms with Gasteiger partial charge >= 0.3 is 0 Å². The summed E-state index contributed by atoms with van der Waals surface area (Å²) in [5.41, 5.74) is 1.91. The lowest BCUT2D eigenvalue weighted by atomic mass is 9.53. The zero-order valence-corrected chi connectivity index (χ0v) is 29.6. The van der Waals surface area contributed by atoms with Crippen LogP contribution in [-0.2, 0) is 34.7 Å². The number of aryl methyl sites for hydroxylation is 2. The fourth-order valence-corrected chi connectivity index (χ4v) is 9.73. The number of hydrogen-bond donors (Lipinski definition) is 3. The van der Waals surface area contributed by atoms with Crippen LogP contribution in [-0.4, -0.2) is 75.1 Å². The van der Waals surface area contributed by atoms with E-state index in [0.717, 1.165) is 54.8 Å². The predicted molar refractivity (Wildman–Crippen MR) is 179 cm³/mol. The van der Waals surface area contributed by atoms with Gasteiger partial charge in [0.05, 0.1) is 9.79 Å². The van der Waals surface area contributed by atoms with Crippen molar-refractivity contribution < 1.29 is 40.5 Å². The first kappa shape index (κ1) is 35.9. The summed E-state index contributed by atoms with van der Waals surface area (Å²) in [6.07, 6.45) is 11.1. The largest absolute Gasteiger partial charge is 0.314 e. The van der Waals surface area contributed by atoms with Gasteiger partial charge in [-0.2, -0.15) is 26.6 Å². The Kier molecular flexibility index (Phi) is 10.7. The lowest BCUT2D eigenvalue weighted by molar-refractivity contribution is -0.390. The molecule has 3 N–H and O–H groups in total. The Balaban J connectivity index is 0.000000152. The third-order valence-corrected chi connectivity index (χ3v) is 12.9. The van der Waals surface area contributed by atoms with E-state index in [4.69, 9.17) is 23.6 Å². The van der Waals surface area contributed by atoms with Gasteiger partial charge in [0.2, 0.25) is 11.6 Å². The minimum atomic E-state index is -4.02. The zero-order chi connectivity index (χ0) is 34.2. The summed E-state index contributed by atoms with van der Waals surface area (Å²) in [5.74, 6) is 2.99. The minimum absolute atomic E-state index is 0.0666. The van der Waals surface area contributed by atoms with Crippen molar-refractivity contribution >= 4 is 20.2 Å². The molecule has 48 heavy (non-hydrogen) atoms. The van der Waals surface area contributed by atoms with Gasteiger partial charge in [0, 0.05) is 57.4 Å². The van der Waals surface area contributed by atoms with Crippen LogP contribution < -0.4 is 5.32 Å². The molecule has 13 heteroatoms. The third kappa shape index (κ3) is 8.33. The van der Waals surface area contributed by atoms with Crippen LogP contribution in [0.25, 0.3) is 0 Å². The predicted octanol–water partition coefficient (Wildman–Crippen LogP) is 5.39. The quantitative estimate of drug-likeness (QED) is 0.277. The van der Waals surface area contributed by atoms with Gasteiger partial charge < -0.3 is 15.0 Å². The summed E-state index contributed by atoms with van der Waals surface area (Å²) in [5, 5.41) is 3.45. The molecular weight excluding hydrogens is 657 g/mol. The van der Waals surface area contributed by atoms with Gasteiger partial charge in [-0.15, -0.1) is 0 Å². The Morgan fingerprint density at radius 1 is 0.729 bits per heavy atom. The van der Waals surface area contributed by atoms with Crippen molar-refractivity contribution in [3.8, 4) is 0 Å². The normalized spacial score (nSPS) is 34.4. The van der Waals surface area contributed by atoms with Gasteiger partial charge in [0.25, 0.3) is 20.2 Å². The molecule has 0 amide bonds. The number of benzene rings is 2. The van der Waals surface area contributed by atoms with Crippen LogP contribution in [0.2, 0.25) is 0 Å².